The average Bonchev–Trinajstić information content (AvgIpc) is 3.05. The molecule has 4 rings (SSSR count). The summed E-state index contributed by atoms with van der Waals surface area (Å²) in [4.78, 5) is 26.4. The molecule has 1 fully saturated rings. The van der Waals surface area contributed by atoms with Gasteiger partial charge in [-0.2, -0.15) is 0 Å². The van der Waals surface area contributed by atoms with Gasteiger partial charge in [0.2, 0.25) is 0 Å². The van der Waals surface area contributed by atoms with Crippen LogP contribution in [0.1, 0.15) is 31.9 Å². The number of carbonyl (C=O) groups is 2. The van der Waals surface area contributed by atoms with Gasteiger partial charge in [-0.3, -0.25) is 4.79 Å². The molecule has 0 saturated carbocycles. The maximum Gasteiger partial charge on any atom is 0.322 e. The summed E-state index contributed by atoms with van der Waals surface area (Å²) in [5.41, 5.74) is 1.58. The SMILES string of the molecule is C[C@@H]1C[C@H](c2ccccc2F)N(C(=O)Nc2ccc3c(c2)NC(=O)[C@@H](C)O3)C1. The summed E-state index contributed by atoms with van der Waals surface area (Å²) in [6, 6.07) is 11.1. The van der Waals surface area contributed by atoms with E-state index in [9.17, 15) is 14.0 Å². The van der Waals surface area contributed by atoms with Gasteiger partial charge in [-0.25, -0.2) is 9.18 Å². The topological polar surface area (TPSA) is 70.7 Å². The number of ether oxygens (including phenoxy) is 1. The molecule has 28 heavy (non-hydrogen) atoms. The monoisotopic (exact) mass is 383 g/mol. The van der Waals surface area contributed by atoms with Gasteiger partial charge in [-0.05, 0) is 43.5 Å². The van der Waals surface area contributed by atoms with E-state index in [0.29, 0.717) is 35.7 Å². The molecular weight excluding hydrogens is 361 g/mol. The Morgan fingerprint density at radius 2 is 2.04 bits per heavy atom. The van der Waals surface area contributed by atoms with E-state index in [4.69, 9.17) is 4.74 Å². The predicted molar refractivity (Wildman–Crippen MR) is 104 cm³/mol. The number of fused-ring (bicyclic) bond motifs is 1. The lowest BCUT2D eigenvalue weighted by molar-refractivity contribution is -0.122. The quantitative estimate of drug-likeness (QED) is 0.818. The molecule has 2 aromatic carbocycles. The second kappa shape index (κ2) is 7.14. The van der Waals surface area contributed by atoms with Gasteiger partial charge in [0.25, 0.3) is 5.91 Å². The maximum atomic E-state index is 14.3. The first kappa shape index (κ1) is 18.3. The molecule has 3 atom stereocenters. The van der Waals surface area contributed by atoms with Crippen molar-refractivity contribution in [3.8, 4) is 5.75 Å². The summed E-state index contributed by atoms with van der Waals surface area (Å²) in [6.45, 7) is 4.27. The molecular formula is C21H22FN3O3. The van der Waals surface area contributed by atoms with Crippen molar-refractivity contribution in [2.45, 2.75) is 32.4 Å². The molecule has 0 spiro atoms. The van der Waals surface area contributed by atoms with Crippen LogP contribution in [-0.4, -0.2) is 29.5 Å². The molecule has 7 heteroatoms. The van der Waals surface area contributed by atoms with Crippen LogP contribution in [0.15, 0.2) is 42.5 Å². The van der Waals surface area contributed by atoms with E-state index in [1.54, 1.807) is 48.2 Å². The molecule has 0 aromatic heterocycles. The van der Waals surface area contributed by atoms with E-state index in [2.05, 4.69) is 10.6 Å². The lowest BCUT2D eigenvalue weighted by Gasteiger charge is -2.27. The van der Waals surface area contributed by atoms with Crippen LogP contribution >= 0.6 is 0 Å². The highest BCUT2D eigenvalue weighted by Gasteiger charge is 2.35. The van der Waals surface area contributed by atoms with E-state index in [1.807, 2.05) is 6.92 Å². The van der Waals surface area contributed by atoms with Crippen LogP contribution in [0.25, 0.3) is 0 Å². The average molecular weight is 383 g/mol. The molecule has 0 aliphatic carbocycles. The van der Waals surface area contributed by atoms with Gasteiger partial charge in [0, 0.05) is 17.8 Å². The predicted octanol–water partition coefficient (Wildman–Crippen LogP) is 4.16. The van der Waals surface area contributed by atoms with Crippen molar-refractivity contribution >= 4 is 23.3 Å². The Balaban J connectivity index is 1.54. The van der Waals surface area contributed by atoms with E-state index in [1.165, 1.54) is 6.07 Å². The zero-order valence-electron chi connectivity index (χ0n) is 15.7. The molecule has 0 unspecified atom stereocenters. The summed E-state index contributed by atoms with van der Waals surface area (Å²) in [5, 5.41) is 5.62. The van der Waals surface area contributed by atoms with E-state index in [0.717, 1.165) is 0 Å². The zero-order chi connectivity index (χ0) is 19.8. The van der Waals surface area contributed by atoms with Gasteiger partial charge in [0.1, 0.15) is 11.6 Å². The smallest absolute Gasteiger partial charge is 0.322 e. The van der Waals surface area contributed by atoms with Crippen LogP contribution in [0.5, 0.6) is 5.75 Å². The van der Waals surface area contributed by atoms with Crippen molar-refractivity contribution in [3.63, 3.8) is 0 Å². The minimum absolute atomic E-state index is 0.232. The number of hydrogen-bond acceptors (Lipinski definition) is 3. The van der Waals surface area contributed by atoms with Crippen LogP contribution in [0.4, 0.5) is 20.6 Å². The lowest BCUT2D eigenvalue weighted by atomic mass is 10.0. The number of rotatable bonds is 2. The molecule has 2 aliphatic rings. The van der Waals surface area contributed by atoms with Crippen molar-refractivity contribution < 1.29 is 18.7 Å². The Labute approximate surface area is 162 Å². The summed E-state index contributed by atoms with van der Waals surface area (Å²) in [7, 11) is 0. The zero-order valence-corrected chi connectivity index (χ0v) is 15.7. The second-order valence-electron chi connectivity index (χ2n) is 7.42. The van der Waals surface area contributed by atoms with Crippen molar-refractivity contribution in [1.29, 1.82) is 0 Å². The number of amides is 3. The number of urea groups is 1. The summed E-state index contributed by atoms with van der Waals surface area (Å²) < 4.78 is 19.8. The van der Waals surface area contributed by atoms with E-state index < -0.39 is 6.10 Å². The number of benzene rings is 2. The Kier molecular flexibility index (Phi) is 4.66. The Bertz CT molecular complexity index is 933. The fourth-order valence-corrected chi connectivity index (χ4v) is 3.79. The van der Waals surface area contributed by atoms with E-state index >= 15 is 0 Å². The third-order valence-corrected chi connectivity index (χ3v) is 5.20. The van der Waals surface area contributed by atoms with Crippen molar-refractivity contribution in [3.05, 3.63) is 53.8 Å². The standard InChI is InChI=1S/C21H22FN3O3/c1-12-9-18(15-5-3-4-6-16(15)22)25(11-12)21(27)23-14-7-8-19-17(10-14)24-20(26)13(2)28-19/h3-8,10,12-13,18H,9,11H2,1-2H3,(H,23,27)(H,24,26)/t12-,13-,18-/m1/s1. The molecule has 2 aromatic rings. The van der Waals surface area contributed by atoms with Gasteiger partial charge >= 0.3 is 6.03 Å². The van der Waals surface area contributed by atoms with Gasteiger partial charge < -0.3 is 20.3 Å². The molecule has 1 saturated heterocycles. The van der Waals surface area contributed by atoms with Gasteiger partial charge in [0.15, 0.2) is 6.10 Å². The third kappa shape index (κ3) is 3.40. The number of anilines is 2. The second-order valence-corrected chi connectivity index (χ2v) is 7.42. The minimum atomic E-state index is -0.555. The van der Waals surface area contributed by atoms with E-state index in [-0.39, 0.29) is 29.7 Å². The fourth-order valence-electron chi connectivity index (χ4n) is 3.79. The first-order chi connectivity index (χ1) is 13.4. The highest BCUT2D eigenvalue weighted by Crippen LogP contribution is 2.37. The number of likely N-dealkylation sites (tertiary alicyclic amines) is 1. The van der Waals surface area contributed by atoms with Crippen LogP contribution in [0, 0.1) is 11.7 Å². The van der Waals surface area contributed by atoms with Crippen molar-refractivity contribution in [2.75, 3.05) is 17.2 Å². The Morgan fingerprint density at radius 1 is 1.25 bits per heavy atom. The first-order valence-corrected chi connectivity index (χ1v) is 9.36. The maximum absolute atomic E-state index is 14.3. The molecule has 2 aliphatic heterocycles. The largest absolute Gasteiger partial charge is 0.479 e. The van der Waals surface area contributed by atoms with Crippen LogP contribution in [-0.2, 0) is 4.79 Å². The van der Waals surface area contributed by atoms with Crippen molar-refractivity contribution in [1.82, 2.24) is 4.90 Å². The van der Waals surface area contributed by atoms with Crippen molar-refractivity contribution in [2.24, 2.45) is 5.92 Å². The number of nitrogens with one attached hydrogen (secondary N) is 2. The van der Waals surface area contributed by atoms with Gasteiger partial charge in [-0.1, -0.05) is 25.1 Å². The molecule has 2 heterocycles. The minimum Gasteiger partial charge on any atom is -0.479 e. The molecule has 146 valence electrons. The van der Waals surface area contributed by atoms with Gasteiger partial charge in [0.05, 0.1) is 11.7 Å². The van der Waals surface area contributed by atoms with Crippen LogP contribution in [0.3, 0.4) is 0 Å². The summed E-state index contributed by atoms with van der Waals surface area (Å²) in [5.74, 6) is 0.295. The molecule has 3 amide bonds. The van der Waals surface area contributed by atoms with Gasteiger partial charge in [-0.15, -0.1) is 0 Å². The number of carbonyl (C=O) groups excluding carboxylic acids is 2. The highest BCUT2D eigenvalue weighted by molar-refractivity contribution is 5.99. The Morgan fingerprint density at radius 3 is 2.82 bits per heavy atom. The summed E-state index contributed by atoms with van der Waals surface area (Å²) >= 11 is 0. The molecule has 6 nitrogen and oxygen atoms in total. The Hall–Kier alpha value is -3.09. The lowest BCUT2D eigenvalue weighted by Crippen LogP contribution is -2.36. The fraction of sp³-hybridized carbons (Fsp3) is 0.333. The molecule has 0 radical (unpaired) electrons. The van der Waals surface area contributed by atoms with Crippen LogP contribution in [0.2, 0.25) is 0 Å². The van der Waals surface area contributed by atoms with Crippen LogP contribution < -0.4 is 15.4 Å². The third-order valence-electron chi connectivity index (χ3n) is 5.20. The number of halogens is 1. The first-order valence-electron chi connectivity index (χ1n) is 9.36. The number of hydrogen-bond donors (Lipinski definition) is 2. The normalized spacial score (nSPS) is 23.6. The summed E-state index contributed by atoms with van der Waals surface area (Å²) in [6.07, 6.45) is 0.154. The highest BCUT2D eigenvalue weighted by atomic mass is 19.1. The molecule has 2 N–H and O–H groups in total. The number of nitrogens with zero attached hydrogens (tertiary/aromatic N) is 1. The molecule has 0 bridgehead atoms.